The van der Waals surface area contributed by atoms with Crippen LogP contribution in [0.2, 0.25) is 0 Å². The van der Waals surface area contributed by atoms with Gasteiger partial charge in [-0.1, -0.05) is 12.1 Å². The molecule has 1 heterocycles. The summed E-state index contributed by atoms with van der Waals surface area (Å²) in [5, 5.41) is -0.289. The van der Waals surface area contributed by atoms with Crippen molar-refractivity contribution in [1.29, 1.82) is 0 Å². The Morgan fingerprint density at radius 3 is 2.75 bits per heavy atom. The van der Waals surface area contributed by atoms with E-state index in [0.717, 1.165) is 5.56 Å². The lowest BCUT2D eigenvalue weighted by atomic mass is 10.2. The van der Waals surface area contributed by atoms with E-state index in [1.165, 1.54) is 19.2 Å². The van der Waals surface area contributed by atoms with Gasteiger partial charge in [-0.3, -0.25) is 4.79 Å². The lowest BCUT2D eigenvalue weighted by Crippen LogP contribution is -2.22. The van der Waals surface area contributed by atoms with Gasteiger partial charge in [0.2, 0.25) is 5.09 Å². The molecule has 0 amide bonds. The average molecular weight is 295 g/mol. The van der Waals surface area contributed by atoms with Crippen molar-refractivity contribution < 1.29 is 22.4 Å². The number of hydrogen-bond donors (Lipinski definition) is 1. The van der Waals surface area contributed by atoms with Gasteiger partial charge in [-0.25, -0.2) is 13.1 Å². The quantitative estimate of drug-likeness (QED) is 0.818. The topological polar surface area (TPSA) is 85.6 Å². The van der Waals surface area contributed by atoms with E-state index in [0.29, 0.717) is 12.0 Å². The molecule has 0 spiro atoms. The molecular formula is C13H13NO5S. The Morgan fingerprint density at radius 2 is 2.10 bits per heavy atom. The molecule has 0 aliphatic heterocycles. The molecule has 0 aliphatic rings. The van der Waals surface area contributed by atoms with Crippen LogP contribution in [0.4, 0.5) is 0 Å². The molecule has 0 saturated carbocycles. The molecular weight excluding hydrogens is 282 g/mol. The highest BCUT2D eigenvalue weighted by atomic mass is 32.2. The summed E-state index contributed by atoms with van der Waals surface area (Å²) in [4.78, 5) is 10.5. The predicted octanol–water partition coefficient (Wildman–Crippen LogP) is 1.58. The van der Waals surface area contributed by atoms with Crippen molar-refractivity contribution in [3.8, 4) is 5.75 Å². The van der Waals surface area contributed by atoms with Gasteiger partial charge in [-0.05, 0) is 29.8 Å². The summed E-state index contributed by atoms with van der Waals surface area (Å²) in [6, 6.07) is 9.55. The molecule has 0 saturated heterocycles. The zero-order valence-corrected chi connectivity index (χ0v) is 11.5. The summed E-state index contributed by atoms with van der Waals surface area (Å²) in [7, 11) is -2.25. The number of ether oxygens (including phenoxy) is 1. The number of sulfonamides is 1. The lowest BCUT2D eigenvalue weighted by Gasteiger charge is -2.06. The third-order valence-corrected chi connectivity index (χ3v) is 3.86. The van der Waals surface area contributed by atoms with Crippen LogP contribution in [0.3, 0.4) is 0 Å². The number of aldehydes is 1. The Labute approximate surface area is 116 Å². The maximum Gasteiger partial charge on any atom is 0.274 e. The minimum Gasteiger partial charge on any atom is -0.497 e. The molecule has 0 atom stereocenters. The summed E-state index contributed by atoms with van der Waals surface area (Å²) in [5.41, 5.74) is 0.745. The molecule has 0 radical (unpaired) electrons. The van der Waals surface area contributed by atoms with Crippen LogP contribution in [0.15, 0.2) is 45.9 Å². The third-order valence-electron chi connectivity index (χ3n) is 2.58. The largest absolute Gasteiger partial charge is 0.497 e. The summed E-state index contributed by atoms with van der Waals surface area (Å²) < 4.78 is 36.2. The molecule has 2 rings (SSSR count). The standard InChI is InChI=1S/C13H13NO5S/c1-18-11-4-2-3-10(7-11)8-14-20(16,17)13-6-5-12(9-15)19-13/h2-7,9,14H,8H2,1H3. The number of hydrogen-bond acceptors (Lipinski definition) is 5. The molecule has 106 valence electrons. The van der Waals surface area contributed by atoms with E-state index in [-0.39, 0.29) is 17.4 Å². The maximum absolute atomic E-state index is 11.9. The Hall–Kier alpha value is -2.12. The third kappa shape index (κ3) is 3.25. The Morgan fingerprint density at radius 1 is 1.30 bits per heavy atom. The first-order chi connectivity index (χ1) is 9.55. The smallest absolute Gasteiger partial charge is 0.274 e. The first kappa shape index (κ1) is 14.3. The van der Waals surface area contributed by atoms with E-state index in [2.05, 4.69) is 4.72 Å². The second kappa shape index (κ2) is 5.89. The van der Waals surface area contributed by atoms with Gasteiger partial charge in [0.25, 0.3) is 10.0 Å². The first-order valence-corrected chi connectivity index (χ1v) is 7.21. The van der Waals surface area contributed by atoms with Crippen LogP contribution in [0.5, 0.6) is 5.75 Å². The zero-order valence-electron chi connectivity index (χ0n) is 10.7. The lowest BCUT2D eigenvalue weighted by molar-refractivity contribution is 0.109. The summed E-state index contributed by atoms with van der Waals surface area (Å²) in [5.74, 6) is 0.606. The van der Waals surface area contributed by atoms with Crippen molar-refractivity contribution >= 4 is 16.3 Å². The minimum atomic E-state index is -3.78. The van der Waals surface area contributed by atoms with Gasteiger partial charge in [0, 0.05) is 6.54 Å². The number of methoxy groups -OCH3 is 1. The number of carbonyl (C=O) groups excluding carboxylic acids is 1. The van der Waals surface area contributed by atoms with Gasteiger partial charge in [0.1, 0.15) is 5.75 Å². The van der Waals surface area contributed by atoms with Crippen LogP contribution < -0.4 is 9.46 Å². The van der Waals surface area contributed by atoms with Crippen molar-refractivity contribution in [2.75, 3.05) is 7.11 Å². The summed E-state index contributed by atoms with van der Waals surface area (Å²) in [6.45, 7) is 0.0939. The highest BCUT2D eigenvalue weighted by Gasteiger charge is 2.18. The van der Waals surface area contributed by atoms with E-state index >= 15 is 0 Å². The van der Waals surface area contributed by atoms with E-state index in [9.17, 15) is 13.2 Å². The summed E-state index contributed by atoms with van der Waals surface area (Å²) in [6.07, 6.45) is 0.446. The second-order valence-electron chi connectivity index (χ2n) is 3.95. The monoisotopic (exact) mass is 295 g/mol. The Kier molecular flexibility index (Phi) is 4.21. The molecule has 0 bridgehead atoms. The van der Waals surface area contributed by atoms with Crippen LogP contribution in [0.25, 0.3) is 0 Å². The van der Waals surface area contributed by atoms with Gasteiger partial charge in [-0.2, -0.15) is 0 Å². The molecule has 0 unspecified atom stereocenters. The van der Waals surface area contributed by atoms with E-state index in [1.807, 2.05) is 0 Å². The Balaban J connectivity index is 2.10. The van der Waals surface area contributed by atoms with E-state index < -0.39 is 10.0 Å². The van der Waals surface area contributed by atoms with Crippen molar-refractivity contribution in [3.05, 3.63) is 47.7 Å². The number of rotatable bonds is 6. The first-order valence-electron chi connectivity index (χ1n) is 5.73. The fraction of sp³-hybridized carbons (Fsp3) is 0.154. The molecule has 6 nitrogen and oxygen atoms in total. The van der Waals surface area contributed by atoms with Crippen molar-refractivity contribution in [3.63, 3.8) is 0 Å². The maximum atomic E-state index is 11.9. The molecule has 1 aromatic heterocycles. The molecule has 1 N–H and O–H groups in total. The highest BCUT2D eigenvalue weighted by molar-refractivity contribution is 7.89. The second-order valence-corrected chi connectivity index (χ2v) is 5.65. The van der Waals surface area contributed by atoms with Crippen molar-refractivity contribution in [2.45, 2.75) is 11.6 Å². The van der Waals surface area contributed by atoms with Crippen LogP contribution in [-0.4, -0.2) is 21.8 Å². The van der Waals surface area contributed by atoms with Crippen LogP contribution in [0, 0.1) is 0 Å². The highest BCUT2D eigenvalue weighted by Crippen LogP contribution is 2.15. The van der Waals surface area contributed by atoms with Crippen molar-refractivity contribution in [1.82, 2.24) is 4.72 Å². The molecule has 20 heavy (non-hydrogen) atoms. The number of nitrogens with one attached hydrogen (secondary N) is 1. The fourth-order valence-corrected chi connectivity index (χ4v) is 2.53. The van der Waals surface area contributed by atoms with Gasteiger partial charge >= 0.3 is 0 Å². The molecule has 7 heteroatoms. The van der Waals surface area contributed by atoms with Gasteiger partial charge in [0.05, 0.1) is 7.11 Å². The SMILES string of the molecule is COc1cccc(CNS(=O)(=O)c2ccc(C=O)o2)c1. The summed E-state index contributed by atoms with van der Waals surface area (Å²) >= 11 is 0. The predicted molar refractivity (Wildman–Crippen MR) is 71.1 cm³/mol. The van der Waals surface area contributed by atoms with Gasteiger partial charge < -0.3 is 9.15 Å². The normalized spacial score (nSPS) is 11.2. The fourth-order valence-electron chi connectivity index (χ4n) is 1.57. The number of benzene rings is 1. The van der Waals surface area contributed by atoms with Gasteiger partial charge in [-0.15, -0.1) is 0 Å². The zero-order chi connectivity index (χ0) is 14.6. The van der Waals surface area contributed by atoms with E-state index in [1.54, 1.807) is 24.3 Å². The van der Waals surface area contributed by atoms with Crippen molar-refractivity contribution in [2.24, 2.45) is 0 Å². The minimum absolute atomic E-state index is 0.0354. The van der Waals surface area contributed by atoms with E-state index in [4.69, 9.17) is 9.15 Å². The number of furan rings is 1. The van der Waals surface area contributed by atoms with Crippen LogP contribution >= 0.6 is 0 Å². The van der Waals surface area contributed by atoms with Gasteiger partial charge in [0.15, 0.2) is 12.0 Å². The average Bonchev–Trinajstić information content (AvgIpc) is 2.95. The molecule has 0 fully saturated rings. The Bertz CT molecular complexity index is 705. The number of carbonyl (C=O) groups is 1. The molecule has 1 aromatic carbocycles. The van der Waals surface area contributed by atoms with Crippen LogP contribution in [0.1, 0.15) is 16.1 Å². The van der Waals surface area contributed by atoms with Crippen LogP contribution in [-0.2, 0) is 16.6 Å². The molecule has 0 aliphatic carbocycles. The molecule has 2 aromatic rings.